The minimum atomic E-state index is -1.05. The zero-order valence-corrected chi connectivity index (χ0v) is 11.8. The summed E-state index contributed by atoms with van der Waals surface area (Å²) in [5, 5.41) is 20.3. The second kappa shape index (κ2) is 6.79. The fourth-order valence-corrected chi connectivity index (χ4v) is 2.08. The first kappa shape index (κ1) is 14.9. The van der Waals surface area contributed by atoms with Crippen LogP contribution in [-0.4, -0.2) is 48.8 Å². The van der Waals surface area contributed by atoms with Crippen LogP contribution >= 0.6 is 11.8 Å². The third-order valence-electron chi connectivity index (χ3n) is 2.23. The molecule has 0 spiro atoms. The standard InChI is InChI=1S/C11H11N5O4S/c1-2-20-10(19)7-3-4-8(12-5-7)21-11-13-14-15-16(11)6-9(17)18/h3-5H,2,6H2,1H3,(H,17,18). The van der Waals surface area contributed by atoms with Crippen molar-refractivity contribution in [3.05, 3.63) is 23.9 Å². The monoisotopic (exact) mass is 309 g/mol. The summed E-state index contributed by atoms with van der Waals surface area (Å²) in [4.78, 5) is 26.2. The lowest BCUT2D eigenvalue weighted by Gasteiger charge is -2.03. The van der Waals surface area contributed by atoms with Crippen molar-refractivity contribution in [2.24, 2.45) is 0 Å². The van der Waals surface area contributed by atoms with Crippen LogP contribution < -0.4 is 0 Å². The lowest BCUT2D eigenvalue weighted by atomic mass is 10.3. The Kier molecular flexibility index (Phi) is 4.82. The molecule has 21 heavy (non-hydrogen) atoms. The maximum absolute atomic E-state index is 11.5. The number of ether oxygens (including phenoxy) is 1. The molecule has 0 aliphatic carbocycles. The van der Waals surface area contributed by atoms with E-state index in [2.05, 4.69) is 20.5 Å². The number of aromatic nitrogens is 5. The van der Waals surface area contributed by atoms with Gasteiger partial charge in [0, 0.05) is 6.20 Å². The molecular weight excluding hydrogens is 298 g/mol. The normalized spacial score (nSPS) is 10.3. The van der Waals surface area contributed by atoms with Crippen LogP contribution in [0.2, 0.25) is 0 Å². The Morgan fingerprint density at radius 2 is 2.24 bits per heavy atom. The molecule has 0 saturated heterocycles. The van der Waals surface area contributed by atoms with E-state index < -0.39 is 11.9 Å². The number of carboxylic acids is 1. The van der Waals surface area contributed by atoms with Crippen molar-refractivity contribution in [2.45, 2.75) is 23.7 Å². The zero-order chi connectivity index (χ0) is 15.2. The molecule has 2 rings (SSSR count). The minimum Gasteiger partial charge on any atom is -0.480 e. The van der Waals surface area contributed by atoms with Crippen LogP contribution in [0.5, 0.6) is 0 Å². The van der Waals surface area contributed by atoms with Crippen molar-refractivity contribution in [1.82, 2.24) is 25.2 Å². The van der Waals surface area contributed by atoms with Crippen molar-refractivity contribution in [3.63, 3.8) is 0 Å². The topological polar surface area (TPSA) is 120 Å². The highest BCUT2D eigenvalue weighted by Crippen LogP contribution is 2.23. The summed E-state index contributed by atoms with van der Waals surface area (Å²) in [6, 6.07) is 3.18. The smallest absolute Gasteiger partial charge is 0.339 e. The number of hydrogen-bond acceptors (Lipinski definition) is 8. The van der Waals surface area contributed by atoms with Crippen LogP contribution in [0.25, 0.3) is 0 Å². The number of tetrazole rings is 1. The van der Waals surface area contributed by atoms with E-state index >= 15 is 0 Å². The van der Waals surface area contributed by atoms with Gasteiger partial charge in [-0.05, 0) is 41.2 Å². The molecule has 0 aromatic carbocycles. The molecule has 2 aromatic rings. The van der Waals surface area contributed by atoms with Gasteiger partial charge in [0.05, 0.1) is 12.2 Å². The maximum atomic E-state index is 11.5. The van der Waals surface area contributed by atoms with Crippen LogP contribution in [0.1, 0.15) is 17.3 Å². The first-order chi connectivity index (χ1) is 10.1. The van der Waals surface area contributed by atoms with Crippen molar-refractivity contribution >= 4 is 23.7 Å². The van der Waals surface area contributed by atoms with Gasteiger partial charge < -0.3 is 9.84 Å². The van der Waals surface area contributed by atoms with E-state index in [1.165, 1.54) is 6.20 Å². The van der Waals surface area contributed by atoms with Crippen LogP contribution in [-0.2, 0) is 16.1 Å². The number of hydrogen-bond donors (Lipinski definition) is 1. The average Bonchev–Trinajstić information content (AvgIpc) is 2.86. The van der Waals surface area contributed by atoms with E-state index in [4.69, 9.17) is 9.84 Å². The molecule has 0 radical (unpaired) electrons. The van der Waals surface area contributed by atoms with E-state index in [9.17, 15) is 9.59 Å². The van der Waals surface area contributed by atoms with Gasteiger partial charge >= 0.3 is 11.9 Å². The Morgan fingerprint density at radius 3 is 2.86 bits per heavy atom. The van der Waals surface area contributed by atoms with Gasteiger partial charge in [0.1, 0.15) is 11.6 Å². The number of aliphatic carboxylic acids is 1. The molecule has 2 aromatic heterocycles. The summed E-state index contributed by atoms with van der Waals surface area (Å²) in [5.74, 6) is -1.49. The van der Waals surface area contributed by atoms with Crippen molar-refractivity contribution in [3.8, 4) is 0 Å². The molecular formula is C11H11N5O4S. The van der Waals surface area contributed by atoms with E-state index in [0.717, 1.165) is 16.4 Å². The van der Waals surface area contributed by atoms with E-state index in [1.54, 1.807) is 19.1 Å². The van der Waals surface area contributed by atoms with Gasteiger partial charge in [0.25, 0.3) is 0 Å². The van der Waals surface area contributed by atoms with Crippen LogP contribution in [0.15, 0.2) is 28.5 Å². The average molecular weight is 309 g/mol. The summed E-state index contributed by atoms with van der Waals surface area (Å²) in [5.41, 5.74) is 0.339. The number of carbonyl (C=O) groups is 2. The second-order valence-electron chi connectivity index (χ2n) is 3.72. The highest BCUT2D eigenvalue weighted by atomic mass is 32.2. The van der Waals surface area contributed by atoms with Crippen LogP contribution in [0, 0.1) is 0 Å². The third kappa shape index (κ3) is 3.99. The summed E-state index contributed by atoms with van der Waals surface area (Å²) in [6.07, 6.45) is 1.38. The molecule has 0 amide bonds. The van der Waals surface area contributed by atoms with E-state index in [-0.39, 0.29) is 6.54 Å². The SMILES string of the molecule is CCOC(=O)c1ccc(Sc2nnnn2CC(=O)O)nc1. The van der Waals surface area contributed by atoms with Gasteiger partial charge in [0.15, 0.2) is 0 Å². The second-order valence-corrected chi connectivity index (χ2v) is 4.71. The lowest BCUT2D eigenvalue weighted by Crippen LogP contribution is -2.11. The minimum absolute atomic E-state index is 0.291. The van der Waals surface area contributed by atoms with Crippen molar-refractivity contribution in [2.75, 3.05) is 6.61 Å². The molecule has 1 N–H and O–H groups in total. The highest BCUT2D eigenvalue weighted by Gasteiger charge is 2.13. The predicted octanol–water partition coefficient (Wildman–Crippen LogP) is 0.481. The van der Waals surface area contributed by atoms with E-state index in [0.29, 0.717) is 22.4 Å². The molecule has 0 aliphatic rings. The molecule has 2 heterocycles. The van der Waals surface area contributed by atoms with Crippen LogP contribution in [0.4, 0.5) is 0 Å². The maximum Gasteiger partial charge on any atom is 0.339 e. The van der Waals surface area contributed by atoms with Gasteiger partial charge in [-0.25, -0.2) is 14.5 Å². The van der Waals surface area contributed by atoms with Gasteiger partial charge in [-0.2, -0.15) is 0 Å². The fraction of sp³-hybridized carbons (Fsp3) is 0.273. The zero-order valence-electron chi connectivity index (χ0n) is 11.0. The molecule has 110 valence electrons. The third-order valence-corrected chi connectivity index (χ3v) is 3.15. The predicted molar refractivity (Wildman–Crippen MR) is 69.8 cm³/mol. The molecule has 10 heteroatoms. The molecule has 0 fully saturated rings. The number of carbonyl (C=O) groups excluding carboxylic acids is 1. The Hall–Kier alpha value is -2.49. The Balaban J connectivity index is 2.08. The molecule has 0 aliphatic heterocycles. The molecule has 0 unspecified atom stereocenters. The summed E-state index contributed by atoms with van der Waals surface area (Å²) < 4.78 is 6.00. The molecule has 0 saturated carbocycles. The number of nitrogens with zero attached hydrogens (tertiary/aromatic N) is 5. The highest BCUT2D eigenvalue weighted by molar-refractivity contribution is 7.99. The molecule has 0 atom stereocenters. The first-order valence-corrected chi connectivity index (χ1v) is 6.70. The molecule has 0 bridgehead atoms. The van der Waals surface area contributed by atoms with Gasteiger partial charge in [-0.1, -0.05) is 0 Å². The summed E-state index contributed by atoms with van der Waals surface area (Å²) >= 11 is 1.10. The first-order valence-electron chi connectivity index (χ1n) is 5.89. The van der Waals surface area contributed by atoms with Crippen LogP contribution in [0.3, 0.4) is 0 Å². The van der Waals surface area contributed by atoms with E-state index in [1.807, 2.05) is 0 Å². The number of rotatable bonds is 6. The largest absolute Gasteiger partial charge is 0.480 e. The summed E-state index contributed by atoms with van der Waals surface area (Å²) in [6.45, 7) is 1.67. The Morgan fingerprint density at radius 1 is 1.43 bits per heavy atom. The number of esters is 1. The Bertz CT molecular complexity index is 642. The van der Waals surface area contributed by atoms with Gasteiger partial charge in [-0.15, -0.1) is 5.10 Å². The fourth-order valence-electron chi connectivity index (χ4n) is 1.37. The quantitative estimate of drug-likeness (QED) is 0.759. The van der Waals surface area contributed by atoms with Gasteiger partial charge in [-0.3, -0.25) is 4.79 Å². The van der Waals surface area contributed by atoms with Gasteiger partial charge in [0.2, 0.25) is 5.16 Å². The number of pyridine rings is 1. The molecule has 9 nitrogen and oxygen atoms in total. The van der Waals surface area contributed by atoms with Crippen molar-refractivity contribution < 1.29 is 19.4 Å². The number of carboxylic acid groups (broad SMARTS) is 1. The lowest BCUT2D eigenvalue weighted by molar-refractivity contribution is -0.138. The summed E-state index contributed by atoms with van der Waals surface area (Å²) in [7, 11) is 0. The Labute approximate surface area is 123 Å². The van der Waals surface area contributed by atoms with Crippen molar-refractivity contribution in [1.29, 1.82) is 0 Å².